The van der Waals surface area contributed by atoms with Crippen LogP contribution < -0.4 is 5.32 Å². The summed E-state index contributed by atoms with van der Waals surface area (Å²) in [4.78, 5) is 0. The van der Waals surface area contributed by atoms with E-state index in [1.54, 1.807) is 7.05 Å². The van der Waals surface area contributed by atoms with Crippen LogP contribution in [0.15, 0.2) is 11.6 Å². The van der Waals surface area contributed by atoms with E-state index < -0.39 is 11.7 Å². The van der Waals surface area contributed by atoms with Crippen molar-refractivity contribution in [1.82, 2.24) is 5.32 Å². The van der Waals surface area contributed by atoms with Crippen molar-refractivity contribution in [3.05, 3.63) is 11.6 Å². The highest BCUT2D eigenvalue weighted by Gasteiger charge is 2.29. The van der Waals surface area contributed by atoms with Crippen molar-refractivity contribution in [3.8, 4) is 0 Å². The molecule has 0 rings (SSSR count). The van der Waals surface area contributed by atoms with Crippen molar-refractivity contribution in [2.45, 2.75) is 38.9 Å². The lowest BCUT2D eigenvalue weighted by Crippen LogP contribution is -2.20. The number of hydrogen-bond acceptors (Lipinski definition) is 1. The first-order chi connectivity index (χ1) is 5.88. The topological polar surface area (TPSA) is 12.0 Å². The monoisotopic (exact) mass is 195 g/mol. The fourth-order valence-electron chi connectivity index (χ4n) is 0.810. The molecule has 1 N–H and O–H groups in total. The Morgan fingerprint density at radius 2 is 2.00 bits per heavy atom. The smallest absolute Gasteiger partial charge is 0.317 e. The average molecular weight is 195 g/mol. The first-order valence-corrected chi connectivity index (χ1v) is 4.29. The van der Waals surface area contributed by atoms with Crippen LogP contribution in [-0.4, -0.2) is 19.3 Å². The lowest BCUT2D eigenvalue weighted by molar-refractivity contribution is -0.0915. The molecule has 0 aromatic rings. The first-order valence-electron chi connectivity index (χ1n) is 4.29. The molecule has 0 aliphatic rings. The van der Waals surface area contributed by atoms with Crippen LogP contribution in [0, 0.1) is 0 Å². The molecule has 0 saturated heterocycles. The Bertz CT molecular complexity index is 172. The zero-order valence-electron chi connectivity index (χ0n) is 8.20. The van der Waals surface area contributed by atoms with E-state index in [0.29, 0.717) is 6.42 Å². The molecule has 1 nitrogen and oxygen atoms in total. The van der Waals surface area contributed by atoms with Gasteiger partial charge in [0.05, 0.1) is 0 Å². The normalized spacial score (nSPS) is 16.0. The Hall–Kier alpha value is -0.510. The van der Waals surface area contributed by atoms with Gasteiger partial charge in [-0.05, 0) is 33.7 Å². The molecule has 0 aliphatic heterocycles. The van der Waals surface area contributed by atoms with Crippen molar-refractivity contribution in [2.24, 2.45) is 0 Å². The molecule has 0 aromatic carbocycles. The lowest BCUT2D eigenvalue weighted by Gasteiger charge is -2.09. The molecule has 0 fully saturated rings. The Kier molecular flexibility index (Phi) is 5.06. The van der Waals surface area contributed by atoms with Gasteiger partial charge in [0.2, 0.25) is 0 Å². The Balaban J connectivity index is 3.85. The molecule has 0 amide bonds. The molecule has 0 aliphatic carbocycles. The highest BCUT2D eigenvalue weighted by atomic mass is 19.4. The van der Waals surface area contributed by atoms with E-state index in [4.69, 9.17) is 0 Å². The molecule has 0 saturated carbocycles. The van der Waals surface area contributed by atoms with Gasteiger partial charge in [0.1, 0.15) is 0 Å². The fourth-order valence-corrected chi connectivity index (χ4v) is 0.810. The number of alkyl halides is 3. The molecule has 0 heterocycles. The van der Waals surface area contributed by atoms with E-state index in [9.17, 15) is 13.2 Å². The van der Waals surface area contributed by atoms with Crippen LogP contribution in [0.25, 0.3) is 0 Å². The van der Waals surface area contributed by atoms with Gasteiger partial charge in [-0.15, -0.1) is 0 Å². The van der Waals surface area contributed by atoms with Gasteiger partial charge in [0.15, 0.2) is 0 Å². The molecule has 0 spiro atoms. The summed E-state index contributed by atoms with van der Waals surface area (Å²) in [5.74, 6) is 0. The Morgan fingerprint density at radius 3 is 2.38 bits per heavy atom. The highest BCUT2D eigenvalue weighted by Crippen LogP contribution is 2.25. The minimum Gasteiger partial charge on any atom is -0.317 e. The third-order valence-corrected chi connectivity index (χ3v) is 1.99. The maximum Gasteiger partial charge on any atom is 0.412 e. The molecule has 78 valence electrons. The summed E-state index contributed by atoms with van der Waals surface area (Å²) in [6.07, 6.45) is -1.73. The van der Waals surface area contributed by atoms with Gasteiger partial charge in [-0.3, -0.25) is 0 Å². The Morgan fingerprint density at radius 1 is 1.46 bits per heavy atom. The van der Waals surface area contributed by atoms with Gasteiger partial charge in [-0.2, -0.15) is 13.2 Å². The summed E-state index contributed by atoms with van der Waals surface area (Å²) in [5.41, 5.74) is -0.504. The summed E-state index contributed by atoms with van der Waals surface area (Å²) >= 11 is 0. The van der Waals surface area contributed by atoms with Gasteiger partial charge < -0.3 is 5.32 Å². The molecule has 0 aromatic heterocycles. The second-order valence-corrected chi connectivity index (χ2v) is 3.15. The summed E-state index contributed by atoms with van der Waals surface area (Å²) in [6, 6.07) is 0.261. The van der Waals surface area contributed by atoms with E-state index >= 15 is 0 Å². The predicted octanol–water partition coefficient (Wildman–Crippen LogP) is 2.88. The zero-order chi connectivity index (χ0) is 10.5. The molecule has 1 unspecified atom stereocenters. The predicted molar refractivity (Wildman–Crippen MR) is 47.6 cm³/mol. The molecule has 0 bridgehead atoms. The maximum atomic E-state index is 12.0. The van der Waals surface area contributed by atoms with E-state index in [-0.39, 0.29) is 6.04 Å². The van der Waals surface area contributed by atoms with Crippen molar-refractivity contribution in [3.63, 3.8) is 0 Å². The third-order valence-electron chi connectivity index (χ3n) is 1.99. The zero-order valence-corrected chi connectivity index (χ0v) is 8.20. The summed E-state index contributed by atoms with van der Waals surface area (Å²) < 4.78 is 35.9. The van der Waals surface area contributed by atoms with Crippen molar-refractivity contribution in [2.75, 3.05) is 7.05 Å². The second-order valence-electron chi connectivity index (χ2n) is 3.15. The molecule has 0 radical (unpaired) electrons. The lowest BCUT2D eigenvalue weighted by atomic mass is 10.1. The van der Waals surface area contributed by atoms with Crippen LogP contribution in [0.3, 0.4) is 0 Å². The highest BCUT2D eigenvalue weighted by molar-refractivity contribution is 5.04. The molecular formula is C9H16F3N. The van der Waals surface area contributed by atoms with Crippen LogP contribution in [-0.2, 0) is 0 Å². The van der Waals surface area contributed by atoms with E-state index in [1.165, 1.54) is 6.08 Å². The second kappa shape index (κ2) is 5.27. The minimum atomic E-state index is -4.16. The van der Waals surface area contributed by atoms with Crippen LogP contribution >= 0.6 is 0 Å². The van der Waals surface area contributed by atoms with Crippen molar-refractivity contribution >= 4 is 0 Å². The number of nitrogens with one attached hydrogen (secondary N) is 1. The molecule has 13 heavy (non-hydrogen) atoms. The Labute approximate surface area is 77.0 Å². The SMILES string of the molecule is CNC(C)CC/C=C(/C)C(F)(F)F. The van der Waals surface area contributed by atoms with Gasteiger partial charge in [-0.25, -0.2) is 0 Å². The van der Waals surface area contributed by atoms with Crippen LogP contribution in [0.1, 0.15) is 26.7 Å². The number of allylic oxidation sites excluding steroid dienone is 2. The maximum absolute atomic E-state index is 12.0. The van der Waals surface area contributed by atoms with Crippen LogP contribution in [0.2, 0.25) is 0 Å². The standard InChI is InChI=1S/C9H16F3N/c1-7(9(10,11)12)5-4-6-8(2)13-3/h5,8,13H,4,6H2,1-3H3/b7-5-. The van der Waals surface area contributed by atoms with Gasteiger partial charge >= 0.3 is 6.18 Å². The number of rotatable bonds is 4. The molecule has 4 heteroatoms. The third kappa shape index (κ3) is 5.69. The fraction of sp³-hybridized carbons (Fsp3) is 0.778. The summed E-state index contributed by atoms with van der Waals surface area (Å²) in [6.45, 7) is 3.04. The van der Waals surface area contributed by atoms with Crippen LogP contribution in [0.4, 0.5) is 13.2 Å². The van der Waals surface area contributed by atoms with Gasteiger partial charge in [0, 0.05) is 11.6 Å². The average Bonchev–Trinajstić information content (AvgIpc) is 2.02. The minimum absolute atomic E-state index is 0.261. The molecule has 1 atom stereocenters. The quantitative estimate of drug-likeness (QED) is 0.680. The van der Waals surface area contributed by atoms with Gasteiger partial charge in [-0.1, -0.05) is 6.08 Å². The van der Waals surface area contributed by atoms with E-state index in [2.05, 4.69) is 5.32 Å². The first kappa shape index (κ1) is 12.5. The van der Waals surface area contributed by atoms with Crippen molar-refractivity contribution < 1.29 is 13.2 Å². The largest absolute Gasteiger partial charge is 0.412 e. The van der Waals surface area contributed by atoms with E-state index in [0.717, 1.165) is 13.3 Å². The summed E-state index contributed by atoms with van der Waals surface area (Å²) in [5, 5.41) is 2.97. The summed E-state index contributed by atoms with van der Waals surface area (Å²) in [7, 11) is 1.80. The van der Waals surface area contributed by atoms with Crippen molar-refractivity contribution in [1.29, 1.82) is 0 Å². The number of halogens is 3. The van der Waals surface area contributed by atoms with Crippen LogP contribution in [0.5, 0.6) is 0 Å². The van der Waals surface area contributed by atoms with Gasteiger partial charge in [0.25, 0.3) is 0 Å². The number of hydrogen-bond donors (Lipinski definition) is 1. The van der Waals surface area contributed by atoms with E-state index in [1.807, 2.05) is 6.92 Å². The molecular weight excluding hydrogens is 179 g/mol.